The fourth-order valence-electron chi connectivity index (χ4n) is 1.21. The van der Waals surface area contributed by atoms with Gasteiger partial charge in [0.15, 0.2) is 5.65 Å². The minimum absolute atomic E-state index is 0.148. The number of pyridine rings is 1. The summed E-state index contributed by atoms with van der Waals surface area (Å²) in [6, 6.07) is 3.28. The Morgan fingerprint density at radius 3 is 3.08 bits per heavy atom. The molecule has 0 aliphatic carbocycles. The Labute approximate surface area is 73.0 Å². The second-order valence-electron chi connectivity index (χ2n) is 2.58. The van der Waals surface area contributed by atoms with Crippen LogP contribution < -0.4 is 0 Å². The Balaban J connectivity index is 2.85. The average molecular weight is 178 g/mol. The van der Waals surface area contributed by atoms with Gasteiger partial charge in [0, 0.05) is 6.20 Å². The molecule has 2 aromatic heterocycles. The van der Waals surface area contributed by atoms with Gasteiger partial charge in [0.05, 0.1) is 12.1 Å². The summed E-state index contributed by atoms with van der Waals surface area (Å²) in [5.74, 6) is -0.148. The maximum Gasteiger partial charge on any atom is 0.399 e. The van der Waals surface area contributed by atoms with Crippen molar-refractivity contribution in [3.63, 3.8) is 0 Å². The van der Waals surface area contributed by atoms with Crippen LogP contribution in [0.4, 0.5) is 5.82 Å². The molecular weight excluding hydrogens is 172 g/mol. The molecule has 2 aromatic rings. The number of hydrogen-bond donors (Lipinski definition) is 0. The summed E-state index contributed by atoms with van der Waals surface area (Å²) in [5, 5.41) is 14.7. The van der Waals surface area contributed by atoms with E-state index in [1.807, 2.05) is 0 Å². The van der Waals surface area contributed by atoms with Gasteiger partial charge in [0.2, 0.25) is 0 Å². The van der Waals surface area contributed by atoms with Crippen molar-refractivity contribution in [1.82, 2.24) is 14.8 Å². The molecule has 13 heavy (non-hydrogen) atoms. The predicted octanol–water partition coefficient (Wildman–Crippen LogP) is 0.876. The van der Waals surface area contributed by atoms with Crippen LogP contribution in [-0.2, 0) is 7.05 Å². The Bertz CT molecular complexity index is 476. The number of fused-ring (bicyclic) bond motifs is 1. The van der Waals surface area contributed by atoms with Crippen molar-refractivity contribution in [2.75, 3.05) is 0 Å². The molecule has 0 aliphatic rings. The fourth-order valence-corrected chi connectivity index (χ4v) is 1.21. The summed E-state index contributed by atoms with van der Waals surface area (Å²) < 4.78 is 1.40. The van der Waals surface area contributed by atoms with E-state index in [9.17, 15) is 10.1 Å². The zero-order chi connectivity index (χ0) is 9.42. The minimum Gasteiger partial charge on any atom is -0.358 e. The van der Waals surface area contributed by atoms with Gasteiger partial charge in [-0.25, -0.2) is 4.98 Å². The smallest absolute Gasteiger partial charge is 0.358 e. The Morgan fingerprint density at radius 2 is 2.38 bits per heavy atom. The molecule has 0 fully saturated rings. The molecule has 0 radical (unpaired) electrons. The molecule has 0 amide bonds. The fraction of sp³-hybridized carbons (Fsp3) is 0.143. The predicted molar refractivity (Wildman–Crippen MR) is 45.2 cm³/mol. The molecule has 66 valence electrons. The lowest BCUT2D eigenvalue weighted by atomic mass is 10.3. The molecule has 0 unspecified atom stereocenters. The highest BCUT2D eigenvalue weighted by molar-refractivity contribution is 5.83. The Morgan fingerprint density at radius 1 is 1.62 bits per heavy atom. The van der Waals surface area contributed by atoms with Gasteiger partial charge in [0.25, 0.3) is 0 Å². The average Bonchev–Trinajstić information content (AvgIpc) is 2.45. The topological polar surface area (TPSA) is 73.8 Å². The van der Waals surface area contributed by atoms with Crippen LogP contribution in [-0.4, -0.2) is 19.7 Å². The molecule has 0 saturated carbocycles. The third-order valence-corrected chi connectivity index (χ3v) is 1.75. The number of aryl methyl sites for hydroxylation is 1. The molecule has 6 heteroatoms. The van der Waals surface area contributed by atoms with E-state index in [0.29, 0.717) is 11.0 Å². The summed E-state index contributed by atoms with van der Waals surface area (Å²) in [5.41, 5.74) is 0.522. The van der Waals surface area contributed by atoms with Gasteiger partial charge in [-0.2, -0.15) is 4.68 Å². The highest BCUT2D eigenvalue weighted by Gasteiger charge is 2.19. The third kappa shape index (κ3) is 1.03. The first-order valence-electron chi connectivity index (χ1n) is 3.62. The van der Waals surface area contributed by atoms with E-state index in [2.05, 4.69) is 10.1 Å². The van der Waals surface area contributed by atoms with Crippen LogP contribution in [0.2, 0.25) is 0 Å². The van der Waals surface area contributed by atoms with Gasteiger partial charge in [0.1, 0.15) is 5.39 Å². The summed E-state index contributed by atoms with van der Waals surface area (Å²) in [6.07, 6.45) is 1.58. The van der Waals surface area contributed by atoms with Crippen LogP contribution in [0.25, 0.3) is 11.0 Å². The molecule has 2 heterocycles. The van der Waals surface area contributed by atoms with Gasteiger partial charge in [-0.05, 0) is 17.1 Å². The van der Waals surface area contributed by atoms with Crippen LogP contribution in [0.5, 0.6) is 0 Å². The van der Waals surface area contributed by atoms with Crippen molar-refractivity contribution in [3.8, 4) is 0 Å². The molecule has 0 bridgehead atoms. The van der Waals surface area contributed by atoms with Gasteiger partial charge in [-0.3, -0.25) is 0 Å². The molecule has 2 rings (SSSR count). The highest BCUT2D eigenvalue weighted by atomic mass is 16.6. The van der Waals surface area contributed by atoms with Crippen LogP contribution in [0.3, 0.4) is 0 Å². The second-order valence-corrected chi connectivity index (χ2v) is 2.58. The van der Waals surface area contributed by atoms with E-state index >= 15 is 0 Å². The standard InChI is InChI=1S/C7H6N4O2/c1-10-6-5(3-2-4-8-6)7(9-10)11(12)13/h2-4H,1H3. The SMILES string of the molecule is Cn1nc([N+](=O)[O-])c2cccnc21. The van der Waals surface area contributed by atoms with Crippen molar-refractivity contribution < 1.29 is 4.92 Å². The summed E-state index contributed by atoms with van der Waals surface area (Å²) in [4.78, 5) is 14.0. The molecular formula is C7H6N4O2. The van der Waals surface area contributed by atoms with E-state index in [0.717, 1.165) is 0 Å². The zero-order valence-electron chi connectivity index (χ0n) is 6.84. The summed E-state index contributed by atoms with van der Waals surface area (Å²) in [6.45, 7) is 0. The van der Waals surface area contributed by atoms with Crippen molar-refractivity contribution in [3.05, 3.63) is 28.4 Å². The maximum atomic E-state index is 10.5. The molecule has 0 N–H and O–H groups in total. The van der Waals surface area contributed by atoms with Crippen LogP contribution in [0.15, 0.2) is 18.3 Å². The Hall–Kier alpha value is -1.98. The highest BCUT2D eigenvalue weighted by Crippen LogP contribution is 2.21. The first kappa shape index (κ1) is 7.66. The number of nitro groups is 1. The lowest BCUT2D eigenvalue weighted by Gasteiger charge is -1.87. The monoisotopic (exact) mass is 178 g/mol. The first-order valence-corrected chi connectivity index (χ1v) is 3.62. The largest absolute Gasteiger partial charge is 0.399 e. The van der Waals surface area contributed by atoms with Crippen molar-refractivity contribution in [2.45, 2.75) is 0 Å². The first-order chi connectivity index (χ1) is 6.20. The quantitative estimate of drug-likeness (QED) is 0.479. The van der Waals surface area contributed by atoms with Gasteiger partial charge in [-0.15, -0.1) is 0 Å². The third-order valence-electron chi connectivity index (χ3n) is 1.75. The van der Waals surface area contributed by atoms with Crippen molar-refractivity contribution in [1.29, 1.82) is 0 Å². The summed E-state index contributed by atoms with van der Waals surface area (Å²) in [7, 11) is 1.63. The number of nitrogens with zero attached hydrogens (tertiary/aromatic N) is 4. The normalized spacial score (nSPS) is 10.5. The lowest BCUT2D eigenvalue weighted by molar-refractivity contribution is -0.388. The van der Waals surface area contributed by atoms with Crippen LogP contribution in [0.1, 0.15) is 0 Å². The van der Waals surface area contributed by atoms with Crippen molar-refractivity contribution in [2.24, 2.45) is 7.05 Å². The lowest BCUT2D eigenvalue weighted by Crippen LogP contribution is -1.93. The van der Waals surface area contributed by atoms with Gasteiger partial charge in [-0.1, -0.05) is 0 Å². The second kappa shape index (κ2) is 2.51. The molecule has 0 spiro atoms. The van der Waals surface area contributed by atoms with Crippen molar-refractivity contribution >= 4 is 16.9 Å². The molecule has 0 aromatic carbocycles. The van der Waals surface area contributed by atoms with Gasteiger partial charge >= 0.3 is 5.82 Å². The summed E-state index contributed by atoms with van der Waals surface area (Å²) >= 11 is 0. The maximum absolute atomic E-state index is 10.5. The Kier molecular flexibility index (Phi) is 1.48. The molecule has 0 aliphatic heterocycles. The minimum atomic E-state index is -0.510. The van der Waals surface area contributed by atoms with Gasteiger partial charge < -0.3 is 10.1 Å². The number of aromatic nitrogens is 3. The number of rotatable bonds is 1. The molecule has 0 saturated heterocycles. The van der Waals surface area contributed by atoms with E-state index in [1.54, 1.807) is 25.4 Å². The van der Waals surface area contributed by atoms with E-state index < -0.39 is 4.92 Å². The van der Waals surface area contributed by atoms with Crippen LogP contribution >= 0.6 is 0 Å². The molecule has 6 nitrogen and oxygen atoms in total. The van der Waals surface area contributed by atoms with E-state index in [-0.39, 0.29) is 5.82 Å². The van der Waals surface area contributed by atoms with E-state index in [1.165, 1.54) is 4.68 Å². The van der Waals surface area contributed by atoms with E-state index in [4.69, 9.17) is 0 Å². The number of hydrogen-bond acceptors (Lipinski definition) is 4. The zero-order valence-corrected chi connectivity index (χ0v) is 6.84. The van der Waals surface area contributed by atoms with Crippen LogP contribution in [0, 0.1) is 10.1 Å². The molecule has 0 atom stereocenters.